The number of ether oxygens (including phenoxy) is 1. The molecular weight excluding hydrogens is 166 g/mol. The van der Waals surface area contributed by atoms with E-state index < -0.39 is 0 Å². The van der Waals surface area contributed by atoms with Crippen molar-refractivity contribution >= 4 is 5.97 Å². The molecule has 0 amide bonds. The van der Waals surface area contributed by atoms with Crippen molar-refractivity contribution in [2.75, 3.05) is 26.2 Å². The van der Waals surface area contributed by atoms with E-state index in [4.69, 9.17) is 4.74 Å². The Morgan fingerprint density at radius 2 is 2.15 bits per heavy atom. The number of hydrogen-bond donors (Lipinski definition) is 0. The first-order chi connectivity index (χ1) is 6.31. The Hall–Kier alpha value is -0.570. The highest BCUT2D eigenvalue weighted by molar-refractivity contribution is 5.73. The Balaban J connectivity index is 1.96. The first-order valence-electron chi connectivity index (χ1n) is 5.20. The molecule has 1 unspecified atom stereocenters. The second kappa shape index (κ2) is 3.66. The van der Waals surface area contributed by atoms with Crippen LogP contribution in [-0.2, 0) is 9.53 Å². The molecule has 3 nitrogen and oxygen atoms in total. The summed E-state index contributed by atoms with van der Waals surface area (Å²) in [5.74, 6) is 0.795. The van der Waals surface area contributed by atoms with Crippen LogP contribution in [0.1, 0.15) is 19.8 Å². The lowest BCUT2D eigenvalue weighted by atomic mass is 9.79. The zero-order valence-corrected chi connectivity index (χ0v) is 8.16. The van der Waals surface area contributed by atoms with Gasteiger partial charge in [0.05, 0.1) is 12.5 Å². The summed E-state index contributed by atoms with van der Waals surface area (Å²) in [6, 6.07) is 0. The molecule has 3 fully saturated rings. The van der Waals surface area contributed by atoms with Gasteiger partial charge in [0.15, 0.2) is 0 Å². The van der Waals surface area contributed by atoms with Crippen molar-refractivity contribution in [3.8, 4) is 0 Å². The molecule has 74 valence electrons. The summed E-state index contributed by atoms with van der Waals surface area (Å²) in [5, 5.41) is 0. The van der Waals surface area contributed by atoms with Crippen molar-refractivity contribution in [3.05, 3.63) is 0 Å². The minimum absolute atomic E-state index is 0.0249. The first kappa shape index (κ1) is 9.00. The van der Waals surface area contributed by atoms with Crippen LogP contribution in [0.4, 0.5) is 0 Å². The maximum Gasteiger partial charge on any atom is 0.310 e. The minimum Gasteiger partial charge on any atom is -0.466 e. The van der Waals surface area contributed by atoms with Gasteiger partial charge >= 0.3 is 5.97 Å². The molecule has 3 aliphatic rings. The number of hydrogen-bond acceptors (Lipinski definition) is 3. The Labute approximate surface area is 79.0 Å². The number of fused-ring (bicyclic) bond motifs is 3. The van der Waals surface area contributed by atoms with Crippen LogP contribution in [-0.4, -0.2) is 37.1 Å². The van der Waals surface area contributed by atoms with Crippen LogP contribution in [0.2, 0.25) is 0 Å². The molecule has 3 aliphatic heterocycles. The van der Waals surface area contributed by atoms with Gasteiger partial charge in [-0.2, -0.15) is 0 Å². The summed E-state index contributed by atoms with van der Waals surface area (Å²) in [7, 11) is 0. The van der Waals surface area contributed by atoms with Gasteiger partial charge < -0.3 is 9.64 Å². The number of carbonyl (C=O) groups excluding carboxylic acids is 1. The molecule has 0 aliphatic carbocycles. The Kier molecular flexibility index (Phi) is 2.54. The average molecular weight is 183 g/mol. The fourth-order valence-corrected chi connectivity index (χ4v) is 2.48. The predicted octanol–water partition coefficient (Wildman–Crippen LogP) is 0.891. The van der Waals surface area contributed by atoms with Gasteiger partial charge in [-0.25, -0.2) is 0 Å². The summed E-state index contributed by atoms with van der Waals surface area (Å²) >= 11 is 0. The van der Waals surface area contributed by atoms with Gasteiger partial charge in [-0.15, -0.1) is 0 Å². The molecule has 0 aromatic heterocycles. The van der Waals surface area contributed by atoms with E-state index in [1.165, 1.54) is 25.9 Å². The number of piperidine rings is 3. The van der Waals surface area contributed by atoms with Gasteiger partial charge in [0.25, 0.3) is 0 Å². The molecule has 0 aromatic rings. The van der Waals surface area contributed by atoms with Gasteiger partial charge in [-0.05, 0) is 38.8 Å². The van der Waals surface area contributed by atoms with Crippen LogP contribution in [0.15, 0.2) is 0 Å². The molecule has 1 atom stereocenters. The van der Waals surface area contributed by atoms with E-state index in [0.29, 0.717) is 12.5 Å². The SMILES string of the molecule is CCOC(=O)C1CN2CCC1CC2. The van der Waals surface area contributed by atoms with Crippen LogP contribution >= 0.6 is 0 Å². The van der Waals surface area contributed by atoms with Crippen molar-refractivity contribution in [1.29, 1.82) is 0 Å². The van der Waals surface area contributed by atoms with Crippen molar-refractivity contribution in [3.63, 3.8) is 0 Å². The van der Waals surface area contributed by atoms with Gasteiger partial charge in [-0.1, -0.05) is 0 Å². The lowest BCUT2D eigenvalue weighted by Crippen LogP contribution is -2.50. The van der Waals surface area contributed by atoms with E-state index >= 15 is 0 Å². The third-order valence-electron chi connectivity index (χ3n) is 3.25. The molecule has 13 heavy (non-hydrogen) atoms. The Morgan fingerprint density at radius 3 is 2.62 bits per heavy atom. The quantitative estimate of drug-likeness (QED) is 0.595. The zero-order valence-electron chi connectivity index (χ0n) is 8.16. The highest BCUT2D eigenvalue weighted by atomic mass is 16.5. The smallest absolute Gasteiger partial charge is 0.310 e. The molecule has 0 saturated carbocycles. The zero-order chi connectivity index (χ0) is 9.26. The molecule has 0 spiro atoms. The molecule has 3 heteroatoms. The van der Waals surface area contributed by atoms with Crippen LogP contribution in [0.3, 0.4) is 0 Å². The van der Waals surface area contributed by atoms with E-state index in [2.05, 4.69) is 4.90 Å². The number of rotatable bonds is 2. The van der Waals surface area contributed by atoms with E-state index in [1.807, 2.05) is 6.92 Å². The van der Waals surface area contributed by atoms with E-state index in [9.17, 15) is 4.79 Å². The third kappa shape index (κ3) is 1.70. The van der Waals surface area contributed by atoms with Crippen LogP contribution < -0.4 is 0 Å². The Morgan fingerprint density at radius 1 is 1.46 bits per heavy atom. The summed E-state index contributed by atoms with van der Waals surface area (Å²) < 4.78 is 5.07. The van der Waals surface area contributed by atoms with E-state index in [0.717, 1.165) is 6.54 Å². The van der Waals surface area contributed by atoms with Crippen molar-refractivity contribution in [1.82, 2.24) is 4.90 Å². The highest BCUT2D eigenvalue weighted by Crippen LogP contribution is 2.32. The van der Waals surface area contributed by atoms with Crippen molar-refractivity contribution < 1.29 is 9.53 Å². The van der Waals surface area contributed by atoms with Crippen molar-refractivity contribution in [2.45, 2.75) is 19.8 Å². The second-order valence-corrected chi connectivity index (χ2v) is 4.00. The van der Waals surface area contributed by atoms with Crippen molar-refractivity contribution in [2.24, 2.45) is 11.8 Å². The largest absolute Gasteiger partial charge is 0.466 e. The monoisotopic (exact) mass is 183 g/mol. The molecule has 3 heterocycles. The van der Waals surface area contributed by atoms with E-state index in [-0.39, 0.29) is 11.9 Å². The molecule has 3 saturated heterocycles. The maximum atomic E-state index is 11.5. The number of nitrogens with zero attached hydrogens (tertiary/aromatic N) is 1. The van der Waals surface area contributed by atoms with Crippen LogP contribution in [0, 0.1) is 11.8 Å². The predicted molar refractivity (Wildman–Crippen MR) is 49.3 cm³/mol. The standard InChI is InChI=1S/C10H17NO2/c1-2-13-10(12)9-7-11-5-3-8(9)4-6-11/h8-9H,2-7H2,1H3. The van der Waals surface area contributed by atoms with Gasteiger partial charge in [0.1, 0.15) is 0 Å². The van der Waals surface area contributed by atoms with Crippen LogP contribution in [0.25, 0.3) is 0 Å². The minimum atomic E-state index is 0.0249. The highest BCUT2D eigenvalue weighted by Gasteiger charge is 2.38. The van der Waals surface area contributed by atoms with Gasteiger partial charge in [0.2, 0.25) is 0 Å². The second-order valence-electron chi connectivity index (χ2n) is 4.00. The fraction of sp³-hybridized carbons (Fsp3) is 0.900. The lowest BCUT2D eigenvalue weighted by Gasteiger charge is -2.43. The lowest BCUT2D eigenvalue weighted by molar-refractivity contribution is -0.154. The maximum absolute atomic E-state index is 11.5. The molecule has 2 bridgehead atoms. The summed E-state index contributed by atoms with van der Waals surface area (Å²) in [4.78, 5) is 13.9. The van der Waals surface area contributed by atoms with Gasteiger partial charge in [0, 0.05) is 6.54 Å². The summed E-state index contributed by atoms with van der Waals surface area (Å²) in [6.07, 6.45) is 2.37. The fourth-order valence-electron chi connectivity index (χ4n) is 2.48. The summed E-state index contributed by atoms with van der Waals surface area (Å²) in [5.41, 5.74) is 0. The van der Waals surface area contributed by atoms with E-state index in [1.54, 1.807) is 0 Å². The summed E-state index contributed by atoms with van der Waals surface area (Å²) in [6.45, 7) is 5.69. The molecule has 0 radical (unpaired) electrons. The molecule has 0 N–H and O–H groups in total. The number of esters is 1. The normalized spacial score (nSPS) is 37.5. The van der Waals surface area contributed by atoms with Gasteiger partial charge in [-0.3, -0.25) is 4.79 Å². The third-order valence-corrected chi connectivity index (χ3v) is 3.25. The topological polar surface area (TPSA) is 29.5 Å². The molecular formula is C10H17NO2. The Bertz CT molecular complexity index is 197. The average Bonchev–Trinajstić information content (AvgIpc) is 2.20. The number of carbonyl (C=O) groups is 1. The van der Waals surface area contributed by atoms with Crippen LogP contribution in [0.5, 0.6) is 0 Å². The molecule has 3 rings (SSSR count). The molecule has 0 aromatic carbocycles. The first-order valence-corrected chi connectivity index (χ1v) is 5.20.